The predicted molar refractivity (Wildman–Crippen MR) is 210 cm³/mol. The SMILES string of the molecule is NC1C=CC2=C(c3ccc(N=C=S)cc3)c3ccc([NH3+])cc3OC2=C1.O=C(O)c1cc(N=C=S)ccc1-c1c2ccc(=O)cc-2oc2cc(O)ccc12.[Cl-]. The van der Waals surface area contributed by atoms with Gasteiger partial charge in [0, 0.05) is 57.5 Å². The molecule has 8 rings (SSSR count). The number of carbonyl (C=O) groups is 1. The van der Waals surface area contributed by atoms with E-state index in [0.717, 1.165) is 45.2 Å². The minimum Gasteiger partial charge on any atom is -1.00 e. The van der Waals surface area contributed by atoms with Crippen LogP contribution < -0.4 is 34.0 Å². The standard InChI is InChI=1S/C21H11NO5S.C20H15N3OS.ClH/c23-12-2-5-15-18(8-12)27-19-9-13(24)3-6-16(19)20(15)14-4-1-11(22-10-28)7-17(14)21(25)26;21-13-3-7-16-18(9-13)24-19-10-14(22)4-8-17(19)20(16)12-1-5-15(6-2-12)23-11-25;/h1-9,23H,(H,25,26);1-10,13H,21-22H2;1H. The summed E-state index contributed by atoms with van der Waals surface area (Å²) in [6.07, 6.45) is 5.92. The second kappa shape index (κ2) is 15.7. The molecule has 0 saturated carbocycles. The third kappa shape index (κ3) is 7.44. The maximum atomic E-state index is 11.9. The lowest BCUT2D eigenvalue weighted by molar-refractivity contribution is -0.254. The maximum absolute atomic E-state index is 11.9. The highest BCUT2D eigenvalue weighted by molar-refractivity contribution is 7.78. The fourth-order valence-electron chi connectivity index (χ4n) is 6.29. The topological polar surface area (TPSA) is 175 Å². The Morgan fingerprint density at radius 1 is 0.852 bits per heavy atom. The van der Waals surface area contributed by atoms with Crippen molar-refractivity contribution in [3.8, 4) is 33.9 Å². The summed E-state index contributed by atoms with van der Waals surface area (Å²) in [5.74, 6) is 0.713. The summed E-state index contributed by atoms with van der Waals surface area (Å²) in [5, 5.41) is 24.8. The van der Waals surface area contributed by atoms with Crippen molar-refractivity contribution < 1.29 is 42.3 Å². The largest absolute Gasteiger partial charge is 1.00 e. The molecule has 1 atom stereocenters. The van der Waals surface area contributed by atoms with Gasteiger partial charge in [-0.05, 0) is 102 Å². The fraction of sp³-hybridized carbons (Fsp3) is 0.0244. The normalized spacial score (nSPS) is 13.8. The molecule has 4 aromatic carbocycles. The Morgan fingerprint density at radius 2 is 1.56 bits per heavy atom. The van der Waals surface area contributed by atoms with Crippen LogP contribution in [-0.4, -0.2) is 32.5 Å². The molecule has 54 heavy (non-hydrogen) atoms. The molecule has 2 aliphatic carbocycles. The van der Waals surface area contributed by atoms with E-state index in [4.69, 9.17) is 14.9 Å². The van der Waals surface area contributed by atoms with Gasteiger partial charge >= 0.3 is 5.97 Å². The summed E-state index contributed by atoms with van der Waals surface area (Å²) in [7, 11) is 0. The van der Waals surface area contributed by atoms with Crippen molar-refractivity contribution in [2.45, 2.75) is 6.04 Å². The van der Waals surface area contributed by atoms with E-state index in [1.165, 1.54) is 30.3 Å². The number of quaternary nitrogens is 1. The van der Waals surface area contributed by atoms with Crippen LogP contribution in [0.2, 0.25) is 0 Å². The summed E-state index contributed by atoms with van der Waals surface area (Å²) in [6, 6.07) is 27.3. The number of allylic oxidation sites excluding steroid dienone is 1. The molecule has 13 heteroatoms. The van der Waals surface area contributed by atoms with Crippen molar-refractivity contribution in [1.82, 2.24) is 0 Å². The molecule has 266 valence electrons. The molecular weight excluding hydrogens is 744 g/mol. The number of isothiocyanates is 2. The molecule has 0 spiro atoms. The van der Waals surface area contributed by atoms with Crippen LogP contribution in [0.4, 0.5) is 17.1 Å². The highest BCUT2D eigenvalue weighted by Gasteiger charge is 2.27. The van der Waals surface area contributed by atoms with Gasteiger partial charge in [0.05, 0.1) is 27.3 Å². The summed E-state index contributed by atoms with van der Waals surface area (Å²) >= 11 is 9.26. The summed E-state index contributed by atoms with van der Waals surface area (Å²) < 4.78 is 11.9. The Hall–Kier alpha value is -6.33. The van der Waals surface area contributed by atoms with Crippen LogP contribution in [0, 0.1) is 0 Å². The molecule has 2 aliphatic heterocycles. The minimum atomic E-state index is -1.14. The second-order valence-corrected chi connectivity index (χ2v) is 12.4. The van der Waals surface area contributed by atoms with Gasteiger partial charge in [0.15, 0.2) is 5.43 Å². The number of hydrogen-bond acceptors (Lipinski definition) is 10. The summed E-state index contributed by atoms with van der Waals surface area (Å²) in [6.45, 7) is 0. The number of carboxylic acid groups (broad SMARTS) is 1. The van der Waals surface area contributed by atoms with Crippen LogP contribution in [0.3, 0.4) is 0 Å². The van der Waals surface area contributed by atoms with Crippen molar-refractivity contribution >= 4 is 74.3 Å². The van der Waals surface area contributed by atoms with E-state index >= 15 is 0 Å². The average Bonchev–Trinajstić information content (AvgIpc) is 3.13. The van der Waals surface area contributed by atoms with Crippen LogP contribution in [0.25, 0.3) is 39.0 Å². The number of hydrogen-bond donors (Lipinski definition) is 4. The van der Waals surface area contributed by atoms with Gasteiger partial charge in [0.1, 0.15) is 34.3 Å². The molecule has 0 saturated heterocycles. The summed E-state index contributed by atoms with van der Waals surface area (Å²) in [5.41, 5.74) is 18.0. The molecule has 7 N–H and O–H groups in total. The van der Waals surface area contributed by atoms with Gasteiger partial charge in [-0.3, -0.25) is 4.79 Å². The Kier molecular flexibility index (Phi) is 10.9. The number of ether oxygens (including phenoxy) is 1. The molecule has 0 fully saturated rings. The molecule has 0 radical (unpaired) electrons. The van der Waals surface area contributed by atoms with Gasteiger partial charge in [-0.15, -0.1) is 0 Å². The number of carboxylic acids is 1. The van der Waals surface area contributed by atoms with E-state index < -0.39 is 5.97 Å². The zero-order valence-corrected chi connectivity index (χ0v) is 30.3. The van der Waals surface area contributed by atoms with Crippen molar-refractivity contribution in [2.75, 3.05) is 0 Å². The van der Waals surface area contributed by atoms with Gasteiger partial charge in [0.25, 0.3) is 0 Å². The number of phenols is 1. The first-order valence-corrected chi connectivity index (χ1v) is 16.8. The zero-order chi connectivity index (χ0) is 37.2. The highest BCUT2D eigenvalue weighted by atomic mass is 35.5. The first kappa shape index (κ1) is 37.4. The molecule has 0 amide bonds. The number of fused-ring (bicyclic) bond motifs is 4. The number of halogens is 1. The lowest BCUT2D eigenvalue weighted by atomic mass is 9.87. The van der Waals surface area contributed by atoms with E-state index in [2.05, 4.69) is 50.5 Å². The first-order chi connectivity index (χ1) is 25.6. The van der Waals surface area contributed by atoms with Gasteiger partial charge in [-0.25, -0.2) is 4.79 Å². The minimum absolute atomic E-state index is 0. The molecule has 4 aliphatic rings. The Balaban J connectivity index is 0.000000182. The van der Waals surface area contributed by atoms with Gasteiger partial charge < -0.3 is 43.2 Å². The third-order valence-electron chi connectivity index (χ3n) is 8.58. The Bertz CT molecular complexity index is 2710. The van der Waals surface area contributed by atoms with E-state index in [1.807, 2.05) is 60.7 Å². The van der Waals surface area contributed by atoms with Gasteiger partial charge in [-0.2, -0.15) is 9.98 Å². The number of nitrogens with zero attached hydrogens (tertiary/aromatic N) is 2. The number of nitrogens with two attached hydrogens (primary N) is 1. The third-order valence-corrected chi connectivity index (χ3v) is 8.77. The lowest BCUT2D eigenvalue weighted by Crippen LogP contribution is -3.00. The molecular formula is C41H27ClN4O6S2. The monoisotopic (exact) mass is 770 g/mol. The molecule has 1 unspecified atom stereocenters. The van der Waals surface area contributed by atoms with E-state index in [9.17, 15) is 19.8 Å². The van der Waals surface area contributed by atoms with Gasteiger partial charge in [0.2, 0.25) is 0 Å². The number of rotatable bonds is 5. The summed E-state index contributed by atoms with van der Waals surface area (Å²) in [4.78, 5) is 31.6. The number of aromatic carboxylic acids is 1. The van der Waals surface area contributed by atoms with Crippen LogP contribution in [0.15, 0.2) is 146 Å². The van der Waals surface area contributed by atoms with Crippen LogP contribution in [0.1, 0.15) is 21.5 Å². The first-order valence-electron chi connectivity index (χ1n) is 16.0. The highest BCUT2D eigenvalue weighted by Crippen LogP contribution is 2.44. The molecule has 2 heterocycles. The number of phenolic OH excluding ortho intramolecular Hbond substituents is 1. The Labute approximate surface area is 324 Å². The molecule has 0 aromatic heterocycles. The number of aromatic hydroxyl groups is 1. The zero-order valence-electron chi connectivity index (χ0n) is 27.9. The predicted octanol–water partition coefficient (Wildman–Crippen LogP) is 4.98. The number of benzene rings is 5. The van der Waals surface area contributed by atoms with Crippen LogP contribution >= 0.6 is 24.4 Å². The fourth-order valence-corrected chi connectivity index (χ4v) is 6.50. The van der Waals surface area contributed by atoms with Crippen LogP contribution in [0.5, 0.6) is 11.5 Å². The van der Waals surface area contributed by atoms with Crippen molar-refractivity contribution in [2.24, 2.45) is 15.7 Å². The van der Waals surface area contributed by atoms with E-state index in [-0.39, 0.29) is 41.0 Å². The van der Waals surface area contributed by atoms with E-state index in [1.54, 1.807) is 24.3 Å². The van der Waals surface area contributed by atoms with Crippen molar-refractivity contribution in [1.29, 1.82) is 0 Å². The number of aliphatic imine (C=N–C) groups is 2. The molecule has 0 bridgehead atoms. The lowest BCUT2D eigenvalue weighted by Gasteiger charge is -2.27. The van der Waals surface area contributed by atoms with Crippen molar-refractivity contribution in [3.05, 3.63) is 154 Å². The Morgan fingerprint density at radius 3 is 2.30 bits per heavy atom. The number of thiocarbonyl (C=S) groups is 2. The smallest absolute Gasteiger partial charge is 0.336 e. The van der Waals surface area contributed by atoms with Crippen LogP contribution in [-0.2, 0) is 0 Å². The second-order valence-electron chi connectivity index (χ2n) is 12.0. The van der Waals surface area contributed by atoms with E-state index in [0.29, 0.717) is 33.3 Å². The van der Waals surface area contributed by atoms with Crippen molar-refractivity contribution in [3.63, 3.8) is 0 Å². The molecule has 4 aromatic rings. The maximum Gasteiger partial charge on any atom is 0.336 e. The van der Waals surface area contributed by atoms with Gasteiger partial charge in [-0.1, -0.05) is 30.4 Å². The molecule has 10 nitrogen and oxygen atoms in total. The quantitative estimate of drug-likeness (QED) is 0.107. The average molecular weight is 771 g/mol.